The third kappa shape index (κ3) is 1.64. The van der Waals surface area contributed by atoms with Crippen LogP contribution in [0.4, 0.5) is 4.39 Å². The maximum absolute atomic E-state index is 12.6. The molecule has 14 heavy (non-hydrogen) atoms. The molecule has 0 saturated carbocycles. The number of hydrogen-bond acceptors (Lipinski definition) is 2. The molecule has 2 heterocycles. The zero-order chi connectivity index (χ0) is 9.97. The normalized spacial score (nSPS) is 28.1. The van der Waals surface area contributed by atoms with Gasteiger partial charge in [-0.1, -0.05) is 6.07 Å². The summed E-state index contributed by atoms with van der Waals surface area (Å²) in [6, 6.07) is 4.45. The molecule has 76 valence electrons. The molecule has 0 aromatic carbocycles. The van der Waals surface area contributed by atoms with Crippen molar-refractivity contribution in [1.29, 1.82) is 0 Å². The van der Waals surface area contributed by atoms with Crippen molar-refractivity contribution >= 4 is 0 Å². The largest absolute Gasteiger partial charge is 0.294 e. The summed E-state index contributed by atoms with van der Waals surface area (Å²) in [5, 5.41) is 0. The van der Waals surface area contributed by atoms with Gasteiger partial charge in [0, 0.05) is 24.5 Å². The van der Waals surface area contributed by atoms with Crippen LogP contribution in [0.15, 0.2) is 24.5 Å². The van der Waals surface area contributed by atoms with Crippen molar-refractivity contribution in [1.82, 2.24) is 9.88 Å². The summed E-state index contributed by atoms with van der Waals surface area (Å²) in [6.45, 7) is -0.243. The van der Waals surface area contributed by atoms with Gasteiger partial charge in [0.2, 0.25) is 0 Å². The molecule has 0 amide bonds. The number of aromatic nitrogens is 1. The van der Waals surface area contributed by atoms with Gasteiger partial charge in [0.15, 0.2) is 0 Å². The minimum atomic E-state index is -0.243. The predicted octanol–water partition coefficient (Wildman–Crippen LogP) is 2.19. The number of rotatable bonds is 2. The van der Waals surface area contributed by atoms with Gasteiger partial charge in [-0.3, -0.25) is 9.88 Å². The first-order valence-corrected chi connectivity index (χ1v) is 5.00. The monoisotopic (exact) mass is 194 g/mol. The molecular weight excluding hydrogens is 179 g/mol. The van der Waals surface area contributed by atoms with E-state index in [4.69, 9.17) is 0 Å². The first kappa shape index (κ1) is 9.59. The highest BCUT2D eigenvalue weighted by atomic mass is 19.1. The molecule has 0 aliphatic carbocycles. The van der Waals surface area contributed by atoms with Crippen molar-refractivity contribution in [2.75, 3.05) is 13.7 Å². The average Bonchev–Trinajstić information content (AvgIpc) is 2.61. The Labute approximate surface area is 83.8 Å². The SMILES string of the molecule is CN1C(CF)CC[C@H]1c1cccnc1. The Hall–Kier alpha value is -0.960. The molecule has 0 N–H and O–H groups in total. The van der Waals surface area contributed by atoms with Gasteiger partial charge < -0.3 is 0 Å². The standard InChI is InChI=1S/C11H15FN2/c1-14-10(7-12)4-5-11(14)9-3-2-6-13-8-9/h2-3,6,8,10-11H,4-5,7H2,1H3/t10?,11-/m0/s1. The second kappa shape index (κ2) is 4.05. The number of pyridine rings is 1. The highest BCUT2D eigenvalue weighted by Crippen LogP contribution is 2.34. The van der Waals surface area contributed by atoms with Gasteiger partial charge >= 0.3 is 0 Å². The number of nitrogens with zero attached hydrogens (tertiary/aromatic N) is 2. The van der Waals surface area contributed by atoms with E-state index in [-0.39, 0.29) is 12.7 Å². The van der Waals surface area contributed by atoms with Crippen molar-refractivity contribution in [3.05, 3.63) is 30.1 Å². The van der Waals surface area contributed by atoms with Gasteiger partial charge in [-0.25, -0.2) is 4.39 Å². The smallest absolute Gasteiger partial charge is 0.105 e. The maximum Gasteiger partial charge on any atom is 0.105 e. The second-order valence-electron chi connectivity index (χ2n) is 3.85. The molecule has 1 fully saturated rings. The molecule has 2 atom stereocenters. The first-order chi connectivity index (χ1) is 6.83. The lowest BCUT2D eigenvalue weighted by atomic mass is 10.1. The van der Waals surface area contributed by atoms with Crippen molar-refractivity contribution in [3.63, 3.8) is 0 Å². The minimum Gasteiger partial charge on any atom is -0.294 e. The Morgan fingerprint density at radius 2 is 2.43 bits per heavy atom. The van der Waals surface area contributed by atoms with E-state index in [0.29, 0.717) is 6.04 Å². The number of hydrogen-bond donors (Lipinski definition) is 0. The zero-order valence-electron chi connectivity index (χ0n) is 8.36. The molecule has 1 aromatic rings. The molecule has 0 radical (unpaired) electrons. The molecule has 1 aromatic heterocycles. The summed E-state index contributed by atoms with van der Waals surface area (Å²) in [5.41, 5.74) is 1.20. The topological polar surface area (TPSA) is 16.1 Å². The van der Waals surface area contributed by atoms with Crippen LogP contribution in [-0.4, -0.2) is 29.6 Å². The van der Waals surface area contributed by atoms with Crippen LogP contribution in [0, 0.1) is 0 Å². The van der Waals surface area contributed by atoms with Gasteiger partial charge in [-0.05, 0) is 31.5 Å². The van der Waals surface area contributed by atoms with Gasteiger partial charge in [-0.15, -0.1) is 0 Å². The van der Waals surface area contributed by atoms with Crippen LogP contribution in [0.5, 0.6) is 0 Å². The fraction of sp³-hybridized carbons (Fsp3) is 0.545. The fourth-order valence-electron chi connectivity index (χ4n) is 2.17. The van der Waals surface area contributed by atoms with E-state index >= 15 is 0 Å². The van der Waals surface area contributed by atoms with Gasteiger partial charge in [0.05, 0.1) is 0 Å². The van der Waals surface area contributed by atoms with E-state index in [0.717, 1.165) is 12.8 Å². The number of halogens is 1. The molecule has 0 bridgehead atoms. The number of likely N-dealkylation sites (tertiary alicyclic amines) is 1. The summed E-state index contributed by atoms with van der Waals surface area (Å²) in [6.07, 6.45) is 5.64. The Bertz CT molecular complexity index is 289. The lowest BCUT2D eigenvalue weighted by molar-refractivity contribution is 0.208. The molecule has 3 heteroatoms. The Kier molecular flexibility index (Phi) is 2.77. The van der Waals surface area contributed by atoms with Gasteiger partial charge in [0.1, 0.15) is 6.67 Å². The van der Waals surface area contributed by atoms with E-state index in [2.05, 4.69) is 16.0 Å². The van der Waals surface area contributed by atoms with Gasteiger partial charge in [-0.2, -0.15) is 0 Å². The zero-order valence-corrected chi connectivity index (χ0v) is 8.36. The van der Waals surface area contributed by atoms with E-state index in [9.17, 15) is 4.39 Å². The molecule has 1 unspecified atom stereocenters. The van der Waals surface area contributed by atoms with Crippen molar-refractivity contribution in [2.45, 2.75) is 24.9 Å². The van der Waals surface area contributed by atoms with E-state index in [1.165, 1.54) is 5.56 Å². The van der Waals surface area contributed by atoms with Crippen LogP contribution in [0.3, 0.4) is 0 Å². The molecular formula is C11H15FN2. The molecule has 2 rings (SSSR count). The van der Waals surface area contributed by atoms with E-state index in [1.54, 1.807) is 6.20 Å². The van der Waals surface area contributed by atoms with Gasteiger partial charge in [0.25, 0.3) is 0 Å². The summed E-state index contributed by atoms with van der Waals surface area (Å²) in [4.78, 5) is 6.22. The first-order valence-electron chi connectivity index (χ1n) is 5.00. The van der Waals surface area contributed by atoms with Crippen LogP contribution < -0.4 is 0 Å². The summed E-state index contributed by atoms with van der Waals surface area (Å²) in [7, 11) is 1.99. The lowest BCUT2D eigenvalue weighted by Crippen LogP contribution is -2.28. The van der Waals surface area contributed by atoms with Crippen molar-refractivity contribution < 1.29 is 4.39 Å². The number of alkyl halides is 1. The lowest BCUT2D eigenvalue weighted by Gasteiger charge is -2.23. The fourth-order valence-corrected chi connectivity index (χ4v) is 2.17. The highest BCUT2D eigenvalue weighted by molar-refractivity contribution is 5.15. The molecule has 1 aliphatic rings. The minimum absolute atomic E-state index is 0.0974. The molecule has 1 aliphatic heterocycles. The Morgan fingerprint density at radius 1 is 1.57 bits per heavy atom. The highest BCUT2D eigenvalue weighted by Gasteiger charge is 2.31. The second-order valence-corrected chi connectivity index (χ2v) is 3.85. The molecule has 2 nitrogen and oxygen atoms in total. The van der Waals surface area contributed by atoms with Crippen molar-refractivity contribution in [2.24, 2.45) is 0 Å². The van der Waals surface area contributed by atoms with Crippen LogP contribution in [0.25, 0.3) is 0 Å². The van der Waals surface area contributed by atoms with E-state index < -0.39 is 0 Å². The third-order valence-electron chi connectivity index (χ3n) is 3.09. The third-order valence-corrected chi connectivity index (χ3v) is 3.09. The average molecular weight is 194 g/mol. The summed E-state index contributed by atoms with van der Waals surface area (Å²) in [5.74, 6) is 0. The van der Waals surface area contributed by atoms with E-state index in [1.807, 2.05) is 19.3 Å². The molecule has 1 saturated heterocycles. The maximum atomic E-state index is 12.6. The Morgan fingerprint density at radius 3 is 3.00 bits per heavy atom. The summed E-state index contributed by atoms with van der Waals surface area (Å²) < 4.78 is 12.6. The molecule has 0 spiro atoms. The van der Waals surface area contributed by atoms with Crippen LogP contribution in [0.2, 0.25) is 0 Å². The van der Waals surface area contributed by atoms with Crippen LogP contribution in [0.1, 0.15) is 24.4 Å². The van der Waals surface area contributed by atoms with Crippen LogP contribution >= 0.6 is 0 Å². The Balaban J connectivity index is 2.14. The predicted molar refractivity (Wildman–Crippen MR) is 53.7 cm³/mol. The van der Waals surface area contributed by atoms with Crippen molar-refractivity contribution in [3.8, 4) is 0 Å². The summed E-state index contributed by atoms with van der Waals surface area (Å²) >= 11 is 0. The quantitative estimate of drug-likeness (QED) is 0.717. The van der Waals surface area contributed by atoms with Crippen LogP contribution in [-0.2, 0) is 0 Å².